The monoisotopic (exact) mass is 233 g/mol. The molecule has 0 radical (unpaired) electrons. The Kier molecular flexibility index (Phi) is 3.76. The molecule has 1 aromatic carbocycles. The summed E-state index contributed by atoms with van der Waals surface area (Å²) < 4.78 is 0. The van der Waals surface area contributed by atoms with Gasteiger partial charge in [-0.1, -0.05) is 18.2 Å². The molecule has 1 aliphatic heterocycles. The largest absolute Gasteiger partial charge is 0.329 e. The van der Waals surface area contributed by atoms with Crippen molar-refractivity contribution >= 4 is 11.6 Å². The van der Waals surface area contributed by atoms with E-state index in [4.69, 9.17) is 5.73 Å². The van der Waals surface area contributed by atoms with Crippen molar-refractivity contribution in [3.8, 4) is 0 Å². The molecule has 1 unspecified atom stereocenters. The Hall–Kier alpha value is -1.39. The van der Waals surface area contributed by atoms with E-state index in [1.54, 1.807) is 0 Å². The molecule has 0 aromatic heterocycles. The number of carbonyl (C=O) groups excluding carboxylic acids is 1. The molecule has 1 aliphatic rings. The first kappa shape index (κ1) is 12.1. The lowest BCUT2D eigenvalue weighted by molar-refractivity contribution is -0.120. The first-order chi connectivity index (χ1) is 8.22. The lowest BCUT2D eigenvalue weighted by atomic mass is 10.1. The number of fused-ring (bicyclic) bond motifs is 1. The highest BCUT2D eigenvalue weighted by molar-refractivity contribution is 5.96. The second kappa shape index (κ2) is 5.29. The molecule has 0 saturated carbocycles. The predicted molar refractivity (Wildman–Crippen MR) is 68.9 cm³/mol. The van der Waals surface area contributed by atoms with Gasteiger partial charge in [-0.15, -0.1) is 0 Å². The Bertz CT molecular complexity index is 405. The van der Waals surface area contributed by atoms with Crippen molar-refractivity contribution in [2.45, 2.75) is 18.9 Å². The number of nitrogens with one attached hydrogen (secondary N) is 1. The topological polar surface area (TPSA) is 58.4 Å². The molecule has 0 bridgehead atoms. The van der Waals surface area contributed by atoms with E-state index < -0.39 is 0 Å². The molecule has 4 nitrogen and oxygen atoms in total. The number of benzene rings is 1. The third-order valence-electron chi connectivity index (χ3n) is 3.28. The van der Waals surface area contributed by atoms with Gasteiger partial charge in [-0.25, -0.2) is 0 Å². The minimum absolute atomic E-state index is 0.0749. The Morgan fingerprint density at radius 2 is 2.24 bits per heavy atom. The third kappa shape index (κ3) is 2.65. The quantitative estimate of drug-likeness (QED) is 0.813. The molecule has 1 amide bonds. The van der Waals surface area contributed by atoms with E-state index in [1.807, 2.05) is 30.1 Å². The number of hydrogen-bond donors (Lipinski definition) is 2. The maximum absolute atomic E-state index is 12.1. The van der Waals surface area contributed by atoms with E-state index >= 15 is 0 Å². The highest BCUT2D eigenvalue weighted by atomic mass is 16.2. The Balaban J connectivity index is 2.15. The highest BCUT2D eigenvalue weighted by Gasteiger charge is 2.26. The number of rotatable bonds is 3. The number of nitrogens with zero attached hydrogens (tertiary/aromatic N) is 1. The fourth-order valence-corrected chi connectivity index (χ4v) is 2.28. The number of para-hydroxylation sites is 1. The lowest BCUT2D eigenvalue weighted by Gasteiger charge is -2.24. The number of likely N-dealkylation sites (N-methyl/N-ethyl adjacent to an activating group) is 1. The number of amides is 1. The molecule has 3 N–H and O–H groups in total. The fraction of sp³-hybridized carbons (Fsp3) is 0.462. The Morgan fingerprint density at radius 1 is 1.47 bits per heavy atom. The van der Waals surface area contributed by atoms with Crippen LogP contribution in [0.4, 0.5) is 5.69 Å². The molecular weight excluding hydrogens is 214 g/mol. The summed E-state index contributed by atoms with van der Waals surface area (Å²) in [6.07, 6.45) is 1.77. The van der Waals surface area contributed by atoms with Crippen molar-refractivity contribution in [3.63, 3.8) is 0 Å². The van der Waals surface area contributed by atoms with Crippen LogP contribution >= 0.6 is 0 Å². The predicted octanol–water partition coefficient (Wildman–Crippen LogP) is 0.830. The summed E-state index contributed by atoms with van der Waals surface area (Å²) in [5, 5.41) is 2.99. The molecular formula is C13H19N3O. The number of hydrogen-bond acceptors (Lipinski definition) is 3. The number of carbonyl (C=O) groups is 1. The second-order valence-electron chi connectivity index (χ2n) is 4.47. The normalized spacial score (nSPS) is 19.7. The maximum Gasteiger partial charge on any atom is 0.241 e. The highest BCUT2D eigenvalue weighted by Crippen LogP contribution is 2.22. The molecule has 2 rings (SSSR count). The van der Waals surface area contributed by atoms with Crippen molar-refractivity contribution in [3.05, 3.63) is 29.8 Å². The molecule has 1 atom stereocenters. The van der Waals surface area contributed by atoms with Gasteiger partial charge in [0, 0.05) is 18.8 Å². The van der Waals surface area contributed by atoms with E-state index in [1.165, 1.54) is 5.56 Å². The number of nitrogens with two attached hydrogens (primary N) is 1. The van der Waals surface area contributed by atoms with Crippen LogP contribution in [0.3, 0.4) is 0 Å². The van der Waals surface area contributed by atoms with Gasteiger partial charge in [0.15, 0.2) is 0 Å². The SMILES string of the molecule is CN(CCN)C1CCc2ccccc2NC1=O. The zero-order chi connectivity index (χ0) is 12.3. The average Bonchev–Trinajstić information content (AvgIpc) is 2.47. The van der Waals surface area contributed by atoms with Crippen LogP contribution in [0.25, 0.3) is 0 Å². The summed E-state index contributed by atoms with van der Waals surface area (Å²) >= 11 is 0. The molecule has 0 saturated heterocycles. The lowest BCUT2D eigenvalue weighted by Crippen LogP contribution is -2.43. The van der Waals surface area contributed by atoms with Crippen LogP contribution < -0.4 is 11.1 Å². The summed E-state index contributed by atoms with van der Waals surface area (Å²) in [5.74, 6) is 0.0749. The summed E-state index contributed by atoms with van der Waals surface area (Å²) in [7, 11) is 1.95. The minimum atomic E-state index is -0.0778. The van der Waals surface area contributed by atoms with Crippen LogP contribution in [0.1, 0.15) is 12.0 Å². The zero-order valence-corrected chi connectivity index (χ0v) is 10.1. The van der Waals surface area contributed by atoms with E-state index in [9.17, 15) is 4.79 Å². The standard InChI is InChI=1S/C13H19N3O/c1-16(9-8-14)12-7-6-10-4-2-3-5-11(10)15-13(12)17/h2-5,12H,6-9,14H2,1H3,(H,15,17). The van der Waals surface area contributed by atoms with Crippen LogP contribution in [0.2, 0.25) is 0 Å². The maximum atomic E-state index is 12.1. The van der Waals surface area contributed by atoms with Crippen LogP contribution in [0.15, 0.2) is 24.3 Å². The van der Waals surface area contributed by atoms with E-state index in [0.717, 1.165) is 25.1 Å². The molecule has 17 heavy (non-hydrogen) atoms. The van der Waals surface area contributed by atoms with Gasteiger partial charge in [0.05, 0.1) is 6.04 Å². The van der Waals surface area contributed by atoms with Gasteiger partial charge in [-0.3, -0.25) is 9.69 Å². The first-order valence-electron chi connectivity index (χ1n) is 6.01. The first-order valence-corrected chi connectivity index (χ1v) is 6.01. The smallest absolute Gasteiger partial charge is 0.241 e. The fourth-order valence-electron chi connectivity index (χ4n) is 2.28. The zero-order valence-electron chi connectivity index (χ0n) is 10.1. The van der Waals surface area contributed by atoms with Gasteiger partial charge >= 0.3 is 0 Å². The average molecular weight is 233 g/mol. The van der Waals surface area contributed by atoms with Gasteiger partial charge < -0.3 is 11.1 Å². The van der Waals surface area contributed by atoms with Gasteiger partial charge in [-0.05, 0) is 31.5 Å². The summed E-state index contributed by atoms with van der Waals surface area (Å²) in [6.45, 7) is 1.32. The molecule has 0 aliphatic carbocycles. The number of aryl methyl sites for hydroxylation is 1. The molecule has 1 aromatic rings. The van der Waals surface area contributed by atoms with Crippen LogP contribution in [0.5, 0.6) is 0 Å². The van der Waals surface area contributed by atoms with Crippen molar-refractivity contribution in [1.82, 2.24) is 4.90 Å². The van der Waals surface area contributed by atoms with E-state index in [2.05, 4.69) is 11.4 Å². The van der Waals surface area contributed by atoms with Crippen LogP contribution in [0, 0.1) is 0 Å². The second-order valence-corrected chi connectivity index (χ2v) is 4.47. The Morgan fingerprint density at radius 3 is 3.00 bits per heavy atom. The van der Waals surface area contributed by atoms with Crippen molar-refractivity contribution in [2.24, 2.45) is 5.73 Å². The third-order valence-corrected chi connectivity index (χ3v) is 3.28. The molecule has 0 spiro atoms. The molecule has 4 heteroatoms. The van der Waals surface area contributed by atoms with Crippen LogP contribution in [-0.2, 0) is 11.2 Å². The summed E-state index contributed by atoms with van der Waals surface area (Å²) in [6, 6.07) is 7.91. The van der Waals surface area contributed by atoms with Gasteiger partial charge in [-0.2, -0.15) is 0 Å². The Labute approximate surface area is 102 Å². The number of anilines is 1. The molecule has 0 fully saturated rings. The van der Waals surface area contributed by atoms with E-state index in [-0.39, 0.29) is 11.9 Å². The van der Waals surface area contributed by atoms with Crippen molar-refractivity contribution < 1.29 is 4.79 Å². The summed E-state index contributed by atoms with van der Waals surface area (Å²) in [4.78, 5) is 14.1. The van der Waals surface area contributed by atoms with Gasteiger partial charge in [0.25, 0.3) is 0 Å². The molecule has 92 valence electrons. The minimum Gasteiger partial charge on any atom is -0.329 e. The summed E-state index contributed by atoms with van der Waals surface area (Å²) in [5.41, 5.74) is 7.69. The van der Waals surface area contributed by atoms with E-state index in [0.29, 0.717) is 6.54 Å². The van der Waals surface area contributed by atoms with Crippen molar-refractivity contribution in [2.75, 3.05) is 25.5 Å². The van der Waals surface area contributed by atoms with Gasteiger partial charge in [0.2, 0.25) is 5.91 Å². The van der Waals surface area contributed by atoms with Gasteiger partial charge in [0.1, 0.15) is 0 Å². The molecule has 1 heterocycles. The van der Waals surface area contributed by atoms with Crippen LogP contribution in [-0.4, -0.2) is 37.0 Å². The van der Waals surface area contributed by atoms with Crippen molar-refractivity contribution in [1.29, 1.82) is 0 Å².